The van der Waals surface area contributed by atoms with Crippen LogP contribution in [-0.4, -0.2) is 87.8 Å². The molecular weight excluding hydrogens is 1000 g/mol. The summed E-state index contributed by atoms with van der Waals surface area (Å²) < 4.78 is 286. The summed E-state index contributed by atoms with van der Waals surface area (Å²) in [6.45, 7) is 9.15. The first-order valence-electron chi connectivity index (χ1n) is 20.3. The average Bonchev–Trinajstić information content (AvgIpc) is 3.23. The third kappa shape index (κ3) is 13.0. The highest BCUT2D eigenvalue weighted by atomic mass is 28.4. The van der Waals surface area contributed by atoms with E-state index < -0.39 is 134 Å². The lowest BCUT2D eigenvalue weighted by molar-refractivity contribution is -0.461. The Kier molecular flexibility index (Phi) is 19.8. The Balaban J connectivity index is 2.30. The maximum atomic E-state index is 15.0. The standard InChI is InChI=1S/C42H46F19NO6Si/c1-7-19-66-32(63)11-9-8-10-26(6)33(68-34(64)62-31-17-14-28(43)23-30(31)44)27-12-15-29(16-13-27)65-20-21-67-69(24(2)3,25(4)5)22-18-35(45,46)36(47,48)37(49,50)38(51,52)39(53,54)40(55,56)41(57,58)42(59,60)61/h7,9,11-17,23-26,33H,1,8,10,18-22H2,2-6H3,(H,62,64)/b11-9+/t26-,33-/m0/s1. The van der Waals surface area contributed by atoms with Crippen LogP contribution in [0.5, 0.6) is 5.75 Å². The summed E-state index contributed by atoms with van der Waals surface area (Å²) in [5, 5.41) is 2.15. The van der Waals surface area contributed by atoms with Gasteiger partial charge in [-0.2, -0.15) is 74.6 Å². The first-order chi connectivity index (χ1) is 31.3. The molecule has 0 saturated carbocycles. The van der Waals surface area contributed by atoms with Crippen molar-refractivity contribution in [3.63, 3.8) is 0 Å². The molecule has 0 saturated heterocycles. The van der Waals surface area contributed by atoms with Gasteiger partial charge in [-0.25, -0.2) is 18.4 Å². The fourth-order valence-corrected chi connectivity index (χ4v) is 11.2. The lowest BCUT2D eigenvalue weighted by Crippen LogP contribution is -2.74. The summed E-state index contributed by atoms with van der Waals surface area (Å²) in [7, 11) is -4.06. The van der Waals surface area contributed by atoms with Crippen molar-refractivity contribution in [3.8, 4) is 5.75 Å². The Hall–Kier alpha value is -4.69. The molecule has 7 nitrogen and oxygen atoms in total. The zero-order valence-corrected chi connectivity index (χ0v) is 37.9. The van der Waals surface area contributed by atoms with Gasteiger partial charge in [-0.1, -0.05) is 65.5 Å². The van der Waals surface area contributed by atoms with Gasteiger partial charge in [0.05, 0.1) is 12.3 Å². The number of hydrogen-bond donors (Lipinski definition) is 1. The van der Waals surface area contributed by atoms with Gasteiger partial charge in [-0.3, -0.25) is 5.32 Å². The third-order valence-corrected chi connectivity index (χ3v) is 16.5. The van der Waals surface area contributed by atoms with Gasteiger partial charge in [0, 0.05) is 18.6 Å². The van der Waals surface area contributed by atoms with E-state index in [0.717, 1.165) is 18.2 Å². The van der Waals surface area contributed by atoms with Crippen molar-refractivity contribution >= 4 is 26.1 Å². The topological polar surface area (TPSA) is 83.1 Å². The number of rotatable bonds is 26. The van der Waals surface area contributed by atoms with Crippen molar-refractivity contribution in [1.82, 2.24) is 0 Å². The molecule has 0 bridgehead atoms. The van der Waals surface area contributed by atoms with E-state index in [2.05, 4.69) is 11.9 Å². The molecular formula is C42H46F19NO6Si. The largest absolute Gasteiger partial charge is 0.491 e. The molecule has 2 atom stereocenters. The molecule has 27 heteroatoms. The molecule has 0 unspecified atom stereocenters. The monoisotopic (exact) mass is 1050 g/mol. The van der Waals surface area contributed by atoms with E-state index in [1.807, 2.05) is 0 Å². The Labute approximate surface area is 383 Å². The van der Waals surface area contributed by atoms with Crippen molar-refractivity contribution < 1.29 is 112 Å². The van der Waals surface area contributed by atoms with Crippen molar-refractivity contribution in [2.75, 3.05) is 25.1 Å². The van der Waals surface area contributed by atoms with Gasteiger partial charge in [-0.05, 0) is 65.7 Å². The maximum Gasteiger partial charge on any atom is 0.460 e. The Morgan fingerprint density at radius 2 is 1.23 bits per heavy atom. The fraction of sp³-hybridized carbons (Fsp3) is 0.571. The van der Waals surface area contributed by atoms with E-state index in [9.17, 15) is 84.2 Å². The second-order valence-electron chi connectivity index (χ2n) is 16.1. The minimum absolute atomic E-state index is 0.0389. The van der Waals surface area contributed by atoms with Crippen LogP contribution >= 0.6 is 0 Å². The summed E-state index contributed by atoms with van der Waals surface area (Å²) in [5.41, 5.74) is -1.95. The zero-order chi connectivity index (χ0) is 53.4. The number of esters is 1. The van der Waals surface area contributed by atoms with Crippen LogP contribution in [0.25, 0.3) is 0 Å². The van der Waals surface area contributed by atoms with Crippen LogP contribution in [0.3, 0.4) is 0 Å². The van der Waals surface area contributed by atoms with Gasteiger partial charge in [0.1, 0.15) is 36.7 Å². The van der Waals surface area contributed by atoms with E-state index >= 15 is 8.78 Å². The number of benzene rings is 2. The van der Waals surface area contributed by atoms with Crippen molar-refractivity contribution in [3.05, 3.63) is 84.5 Å². The zero-order valence-electron chi connectivity index (χ0n) is 36.9. The van der Waals surface area contributed by atoms with E-state index in [4.69, 9.17) is 18.6 Å². The molecule has 1 amide bonds. The highest BCUT2D eigenvalue weighted by Crippen LogP contribution is 2.64. The number of hydrogen-bond acceptors (Lipinski definition) is 6. The smallest absolute Gasteiger partial charge is 0.460 e. The molecule has 2 aromatic carbocycles. The first kappa shape index (κ1) is 60.4. The number of carbonyl (C=O) groups excluding carboxylic acids is 2. The first-order valence-corrected chi connectivity index (χ1v) is 22.5. The fourth-order valence-electron chi connectivity index (χ4n) is 6.74. The van der Waals surface area contributed by atoms with Gasteiger partial charge in [0.25, 0.3) is 0 Å². The van der Waals surface area contributed by atoms with Crippen LogP contribution in [0.4, 0.5) is 93.9 Å². The maximum absolute atomic E-state index is 15.0. The minimum atomic E-state index is -8.72. The highest BCUT2D eigenvalue weighted by molar-refractivity contribution is 6.76. The SMILES string of the molecule is C=CCOC(=O)/C=C/CC[C@H](C)[C@H](OC(=O)Nc1ccc(F)cc1F)c1ccc(OCCO[Si](CCC(F)(F)C(F)(F)C(F)(F)C(F)(F)C(F)(F)C(F)(F)C(F)(F)C(F)(F)F)(C(C)C)C(C)C)cc1. The summed E-state index contributed by atoms with van der Waals surface area (Å²) in [6.07, 6.45) is -8.15. The molecule has 0 fully saturated rings. The normalized spacial score (nSPS) is 14.8. The minimum Gasteiger partial charge on any atom is -0.491 e. The summed E-state index contributed by atoms with van der Waals surface area (Å²) in [4.78, 5) is 24.6. The van der Waals surface area contributed by atoms with E-state index in [-0.39, 0.29) is 25.2 Å². The van der Waals surface area contributed by atoms with Gasteiger partial charge in [-0.15, -0.1) is 0 Å². The molecule has 2 rings (SSSR count). The van der Waals surface area contributed by atoms with Crippen LogP contribution < -0.4 is 10.1 Å². The second-order valence-corrected chi connectivity index (χ2v) is 21.1. The Morgan fingerprint density at radius 1 is 0.710 bits per heavy atom. The molecule has 0 aliphatic carbocycles. The summed E-state index contributed by atoms with van der Waals surface area (Å²) in [5.74, 6) is -60.2. The van der Waals surface area contributed by atoms with Crippen molar-refractivity contribution in [2.45, 2.75) is 125 Å². The molecule has 2 aromatic rings. The predicted octanol–water partition coefficient (Wildman–Crippen LogP) is 14.5. The number of ether oxygens (including phenoxy) is 3. The number of anilines is 1. The van der Waals surface area contributed by atoms with Crippen LogP contribution in [0.2, 0.25) is 17.1 Å². The van der Waals surface area contributed by atoms with E-state index in [0.29, 0.717) is 11.6 Å². The molecule has 392 valence electrons. The van der Waals surface area contributed by atoms with Gasteiger partial charge < -0.3 is 18.6 Å². The quantitative estimate of drug-likeness (QED) is 0.0252. The molecule has 0 heterocycles. The number of carbonyl (C=O) groups is 2. The van der Waals surface area contributed by atoms with Crippen LogP contribution in [0.15, 0.2) is 67.3 Å². The molecule has 0 radical (unpaired) electrons. The van der Waals surface area contributed by atoms with E-state index in [1.54, 1.807) is 6.92 Å². The number of nitrogens with one attached hydrogen (secondary N) is 1. The van der Waals surface area contributed by atoms with Crippen molar-refractivity contribution in [1.29, 1.82) is 0 Å². The van der Waals surface area contributed by atoms with Gasteiger partial charge in [0.15, 0.2) is 8.32 Å². The Morgan fingerprint density at radius 3 is 1.72 bits per heavy atom. The molecule has 0 aliphatic rings. The lowest BCUT2D eigenvalue weighted by Gasteiger charge is -2.44. The van der Waals surface area contributed by atoms with Crippen LogP contribution in [0, 0.1) is 17.6 Å². The summed E-state index contributed by atoms with van der Waals surface area (Å²) in [6, 6.07) is 6.45. The molecule has 0 aliphatic heterocycles. The number of amides is 1. The molecule has 0 spiro atoms. The lowest BCUT2D eigenvalue weighted by atomic mass is 9.88. The van der Waals surface area contributed by atoms with Gasteiger partial charge in [0.2, 0.25) is 0 Å². The molecule has 1 N–H and O–H groups in total. The number of alkyl halides is 17. The predicted molar refractivity (Wildman–Crippen MR) is 212 cm³/mol. The second kappa shape index (κ2) is 22.6. The van der Waals surface area contributed by atoms with Crippen molar-refractivity contribution in [2.24, 2.45) is 5.92 Å². The highest BCUT2D eigenvalue weighted by Gasteiger charge is 2.95. The number of allylic oxidation sites excluding steroid dienone is 1. The Bertz CT molecular complexity index is 2060. The summed E-state index contributed by atoms with van der Waals surface area (Å²) >= 11 is 0. The molecule has 69 heavy (non-hydrogen) atoms. The van der Waals surface area contributed by atoms with Gasteiger partial charge >= 0.3 is 59.7 Å². The number of halogens is 19. The van der Waals surface area contributed by atoms with Crippen LogP contribution in [0.1, 0.15) is 65.5 Å². The average molecular weight is 1050 g/mol. The third-order valence-electron chi connectivity index (χ3n) is 10.8. The molecule has 0 aromatic heterocycles. The van der Waals surface area contributed by atoms with Crippen LogP contribution in [-0.2, 0) is 18.7 Å². The van der Waals surface area contributed by atoms with E-state index in [1.165, 1.54) is 64.1 Å².